The molecule has 0 atom stereocenters. The van der Waals surface area contributed by atoms with E-state index in [1.54, 1.807) is 22.8 Å². The van der Waals surface area contributed by atoms with Crippen LogP contribution in [-0.2, 0) is 20.9 Å². The van der Waals surface area contributed by atoms with Gasteiger partial charge in [-0.05, 0) is 37.3 Å². The molecule has 1 amide bonds. The predicted molar refractivity (Wildman–Crippen MR) is 114 cm³/mol. The molecule has 0 bridgehead atoms. The number of nitrogens with zero attached hydrogens (tertiary/aromatic N) is 3. The van der Waals surface area contributed by atoms with Gasteiger partial charge in [-0.1, -0.05) is 22.7 Å². The lowest BCUT2D eigenvalue weighted by molar-refractivity contribution is -0.380. The van der Waals surface area contributed by atoms with Crippen molar-refractivity contribution in [1.82, 2.24) is 4.57 Å². The fourth-order valence-electron chi connectivity index (χ4n) is 2.56. The smallest absolute Gasteiger partial charge is 0.325 e. The molecule has 0 saturated heterocycles. The van der Waals surface area contributed by atoms with E-state index in [-0.39, 0.29) is 11.5 Å². The van der Waals surface area contributed by atoms with E-state index in [1.165, 1.54) is 36.7 Å². The van der Waals surface area contributed by atoms with Gasteiger partial charge in [0.2, 0.25) is 0 Å². The van der Waals surface area contributed by atoms with Gasteiger partial charge in [-0.15, -0.1) is 0 Å². The van der Waals surface area contributed by atoms with Crippen molar-refractivity contribution in [3.05, 3.63) is 56.2 Å². The Morgan fingerprint density at radius 1 is 1.27 bits per heavy atom. The molecule has 9 nitrogen and oxygen atoms in total. The first-order valence-corrected chi connectivity index (χ1v) is 10.4. The first-order valence-electron chi connectivity index (χ1n) is 8.75. The van der Waals surface area contributed by atoms with Gasteiger partial charge in [0.25, 0.3) is 5.91 Å². The number of hydrogen-bond donors (Lipinski definition) is 0. The Kier molecular flexibility index (Phi) is 6.75. The van der Waals surface area contributed by atoms with E-state index in [0.717, 1.165) is 21.6 Å². The van der Waals surface area contributed by atoms with Gasteiger partial charge in [-0.3, -0.25) is 19.7 Å². The standard InChI is InChI=1S/C19H17N3O6S2/c1-3-28-12-4-7-14-15(10-12)30-19(21(14)11-18(24)27-2)20-16(23)8-5-13-6-9-17(29-13)22(25)26/h4-10H,3,11H2,1-2H3/b8-5-,20-19?. The van der Waals surface area contributed by atoms with Gasteiger partial charge in [-0.2, -0.15) is 4.99 Å². The van der Waals surface area contributed by atoms with Crippen molar-refractivity contribution in [3.63, 3.8) is 0 Å². The lowest BCUT2D eigenvalue weighted by Crippen LogP contribution is -2.22. The minimum absolute atomic E-state index is 0.00966. The summed E-state index contributed by atoms with van der Waals surface area (Å²) in [5.74, 6) is -0.353. The molecule has 0 aliphatic carbocycles. The van der Waals surface area contributed by atoms with Crippen LogP contribution in [0.25, 0.3) is 16.3 Å². The Balaban J connectivity index is 1.96. The van der Waals surface area contributed by atoms with E-state index in [1.807, 2.05) is 13.0 Å². The maximum absolute atomic E-state index is 12.3. The first-order chi connectivity index (χ1) is 14.4. The number of aromatic nitrogens is 1. The highest BCUT2D eigenvalue weighted by Gasteiger charge is 2.12. The molecule has 0 aliphatic heterocycles. The summed E-state index contributed by atoms with van der Waals surface area (Å²) in [6.07, 6.45) is 2.70. The molecule has 1 aromatic carbocycles. The molecule has 0 aliphatic rings. The fraction of sp³-hybridized carbons (Fsp3) is 0.211. The van der Waals surface area contributed by atoms with Crippen LogP contribution in [0, 0.1) is 10.1 Å². The molecule has 0 N–H and O–H groups in total. The average Bonchev–Trinajstić information content (AvgIpc) is 3.32. The number of hydrogen-bond acceptors (Lipinski definition) is 8. The van der Waals surface area contributed by atoms with E-state index in [4.69, 9.17) is 9.47 Å². The molecule has 0 saturated carbocycles. The van der Waals surface area contributed by atoms with Crippen molar-refractivity contribution in [3.8, 4) is 5.75 Å². The molecular formula is C19H17N3O6S2. The van der Waals surface area contributed by atoms with Gasteiger partial charge in [-0.25, -0.2) is 0 Å². The van der Waals surface area contributed by atoms with E-state index in [0.29, 0.717) is 22.0 Å². The minimum Gasteiger partial charge on any atom is -0.494 e. The second-order valence-corrected chi connectivity index (χ2v) is 7.93. The Labute approximate surface area is 178 Å². The third-order valence-corrected chi connectivity index (χ3v) is 5.91. The average molecular weight is 447 g/mol. The summed E-state index contributed by atoms with van der Waals surface area (Å²) in [7, 11) is 1.29. The number of methoxy groups -OCH3 is 1. The largest absolute Gasteiger partial charge is 0.494 e. The molecule has 0 radical (unpaired) electrons. The summed E-state index contributed by atoms with van der Waals surface area (Å²) >= 11 is 2.20. The van der Waals surface area contributed by atoms with Gasteiger partial charge >= 0.3 is 11.0 Å². The summed E-state index contributed by atoms with van der Waals surface area (Å²) in [5.41, 5.74) is 0.721. The van der Waals surface area contributed by atoms with Crippen molar-refractivity contribution in [2.75, 3.05) is 13.7 Å². The van der Waals surface area contributed by atoms with E-state index < -0.39 is 16.8 Å². The van der Waals surface area contributed by atoms with Gasteiger partial charge in [0.1, 0.15) is 12.3 Å². The first kappa shape index (κ1) is 21.4. The van der Waals surface area contributed by atoms with Gasteiger partial charge in [0.15, 0.2) is 4.80 Å². The molecule has 156 valence electrons. The van der Waals surface area contributed by atoms with Crippen molar-refractivity contribution in [1.29, 1.82) is 0 Å². The number of thiazole rings is 1. The zero-order valence-electron chi connectivity index (χ0n) is 16.1. The second-order valence-electron chi connectivity index (χ2n) is 5.83. The molecule has 30 heavy (non-hydrogen) atoms. The number of fused-ring (bicyclic) bond motifs is 1. The summed E-state index contributed by atoms with van der Waals surface area (Å²) in [6, 6.07) is 8.32. The van der Waals surface area contributed by atoms with Crippen molar-refractivity contribution >= 4 is 55.8 Å². The number of carbonyl (C=O) groups excluding carboxylic acids is 2. The molecular weight excluding hydrogens is 430 g/mol. The minimum atomic E-state index is -0.554. The third-order valence-electron chi connectivity index (χ3n) is 3.87. The molecule has 2 heterocycles. The quantitative estimate of drug-likeness (QED) is 0.237. The van der Waals surface area contributed by atoms with Crippen LogP contribution < -0.4 is 9.54 Å². The highest BCUT2D eigenvalue weighted by Crippen LogP contribution is 2.25. The lowest BCUT2D eigenvalue weighted by atomic mass is 10.3. The fourth-order valence-corrected chi connectivity index (χ4v) is 4.34. The highest BCUT2D eigenvalue weighted by atomic mass is 32.1. The Bertz CT molecular complexity index is 1200. The number of ether oxygens (including phenoxy) is 2. The monoisotopic (exact) mass is 447 g/mol. The normalized spacial score (nSPS) is 11.9. The van der Waals surface area contributed by atoms with E-state index in [9.17, 15) is 19.7 Å². The van der Waals surface area contributed by atoms with Crippen LogP contribution in [0.2, 0.25) is 0 Å². The number of esters is 1. The van der Waals surface area contributed by atoms with Crippen molar-refractivity contribution < 1.29 is 24.0 Å². The number of thiophene rings is 1. The molecule has 0 unspecified atom stereocenters. The number of carbonyl (C=O) groups is 2. The number of amides is 1. The zero-order valence-corrected chi connectivity index (χ0v) is 17.7. The van der Waals surface area contributed by atoms with Gasteiger partial charge in [0.05, 0.1) is 28.9 Å². The Morgan fingerprint density at radius 2 is 2.07 bits per heavy atom. The number of nitro groups is 1. The number of benzene rings is 1. The van der Waals surface area contributed by atoms with E-state index >= 15 is 0 Å². The van der Waals surface area contributed by atoms with Crippen molar-refractivity contribution in [2.24, 2.45) is 4.99 Å². The van der Waals surface area contributed by atoms with Crippen molar-refractivity contribution in [2.45, 2.75) is 13.5 Å². The summed E-state index contributed by atoms with van der Waals surface area (Å²) in [4.78, 5) is 39.4. The third kappa shape index (κ3) is 4.99. The Morgan fingerprint density at radius 3 is 2.73 bits per heavy atom. The Hall–Kier alpha value is -3.31. The highest BCUT2D eigenvalue weighted by molar-refractivity contribution is 7.16. The topological polar surface area (TPSA) is 113 Å². The van der Waals surface area contributed by atoms with Crippen LogP contribution in [0.5, 0.6) is 5.75 Å². The van der Waals surface area contributed by atoms with E-state index in [2.05, 4.69) is 4.99 Å². The van der Waals surface area contributed by atoms with Crippen LogP contribution in [-0.4, -0.2) is 35.1 Å². The van der Waals surface area contributed by atoms with Crippen LogP contribution in [0.4, 0.5) is 5.00 Å². The van der Waals surface area contributed by atoms with Crippen LogP contribution >= 0.6 is 22.7 Å². The molecule has 0 spiro atoms. The maximum Gasteiger partial charge on any atom is 0.325 e. The van der Waals surface area contributed by atoms with Gasteiger partial charge < -0.3 is 14.0 Å². The van der Waals surface area contributed by atoms with Crippen LogP contribution in [0.3, 0.4) is 0 Å². The molecule has 2 aromatic heterocycles. The molecule has 0 fully saturated rings. The van der Waals surface area contributed by atoms with Crippen LogP contribution in [0.15, 0.2) is 41.4 Å². The molecule has 3 rings (SSSR count). The molecule has 3 aromatic rings. The summed E-state index contributed by atoms with van der Waals surface area (Å²) < 4.78 is 12.7. The maximum atomic E-state index is 12.3. The summed E-state index contributed by atoms with van der Waals surface area (Å²) in [5, 5.41) is 10.7. The molecule has 11 heteroatoms. The number of rotatable bonds is 7. The lowest BCUT2D eigenvalue weighted by Gasteiger charge is -2.05. The summed E-state index contributed by atoms with van der Waals surface area (Å²) in [6.45, 7) is 2.29. The SMILES string of the molecule is CCOc1ccc2c(c1)sc(=NC(=O)/C=C\c1ccc([N+](=O)[O-])s1)n2CC(=O)OC. The van der Waals surface area contributed by atoms with Crippen LogP contribution in [0.1, 0.15) is 11.8 Å². The van der Waals surface area contributed by atoms with Gasteiger partial charge in [0, 0.05) is 17.0 Å². The predicted octanol–water partition coefficient (Wildman–Crippen LogP) is 3.38. The second kappa shape index (κ2) is 9.46. The zero-order chi connectivity index (χ0) is 21.7.